The van der Waals surface area contributed by atoms with Crippen molar-refractivity contribution in [2.24, 2.45) is 22.7 Å². The Kier molecular flexibility index (Phi) is 12.8. The zero-order chi connectivity index (χ0) is 24.0. The van der Waals surface area contributed by atoms with Gasteiger partial charge in [0.1, 0.15) is 0 Å². The molecule has 0 radical (unpaired) electrons. The van der Waals surface area contributed by atoms with Crippen molar-refractivity contribution in [1.29, 1.82) is 0 Å². The van der Waals surface area contributed by atoms with E-state index in [4.69, 9.17) is 9.47 Å². The number of ether oxygens (including phenoxy) is 2. The number of carbonyl (C=O) groups is 2. The molecule has 0 aromatic heterocycles. The molecule has 184 valence electrons. The van der Waals surface area contributed by atoms with E-state index >= 15 is 0 Å². The Bertz CT molecular complexity index is 566. The third kappa shape index (κ3) is 11.8. The van der Waals surface area contributed by atoms with E-state index in [1.165, 1.54) is 0 Å². The molecule has 6 heteroatoms. The first-order valence-corrected chi connectivity index (χ1v) is 12.0. The molecule has 0 heterocycles. The van der Waals surface area contributed by atoms with Crippen molar-refractivity contribution in [1.82, 2.24) is 0 Å². The van der Waals surface area contributed by atoms with Crippen LogP contribution in [0.25, 0.3) is 0 Å². The number of aliphatic hydroxyl groups excluding tert-OH is 2. The van der Waals surface area contributed by atoms with Gasteiger partial charge in [-0.1, -0.05) is 90.5 Å². The Labute approximate surface area is 194 Å². The molecule has 2 atom stereocenters. The van der Waals surface area contributed by atoms with Gasteiger partial charge in [0.2, 0.25) is 0 Å². The first-order valence-electron chi connectivity index (χ1n) is 12.0. The van der Waals surface area contributed by atoms with Crippen molar-refractivity contribution >= 4 is 11.9 Å². The number of aliphatic hydroxyl groups is 2. The third-order valence-electron chi connectivity index (χ3n) is 5.75. The summed E-state index contributed by atoms with van der Waals surface area (Å²) in [5.41, 5.74) is -0.919. The van der Waals surface area contributed by atoms with Gasteiger partial charge in [-0.2, -0.15) is 0 Å². The van der Waals surface area contributed by atoms with Crippen molar-refractivity contribution in [3.05, 3.63) is 24.3 Å². The molecule has 0 saturated carbocycles. The summed E-state index contributed by atoms with van der Waals surface area (Å²) in [6.45, 7) is 7.69. The third-order valence-corrected chi connectivity index (χ3v) is 5.75. The summed E-state index contributed by atoms with van der Waals surface area (Å²) < 4.78 is 10.9. The number of hydrogen-bond acceptors (Lipinski definition) is 6. The molecule has 2 unspecified atom stereocenters. The average molecular weight is 453 g/mol. The average Bonchev–Trinajstić information content (AvgIpc) is 2.77. The maximum atomic E-state index is 12.6. The summed E-state index contributed by atoms with van der Waals surface area (Å²) in [5, 5.41) is 18.8. The molecule has 0 amide bonds. The molecule has 0 aromatic carbocycles. The van der Waals surface area contributed by atoms with Crippen LogP contribution in [-0.4, -0.2) is 48.6 Å². The van der Waals surface area contributed by atoms with Crippen LogP contribution in [0.5, 0.6) is 0 Å². The molecule has 0 bridgehead atoms. The van der Waals surface area contributed by atoms with Crippen molar-refractivity contribution in [2.75, 3.05) is 26.4 Å². The van der Waals surface area contributed by atoms with Crippen molar-refractivity contribution in [2.45, 2.75) is 79.1 Å². The maximum Gasteiger partial charge on any atom is 0.312 e. The van der Waals surface area contributed by atoms with Gasteiger partial charge in [-0.15, -0.1) is 0 Å². The Hall–Kier alpha value is -1.66. The van der Waals surface area contributed by atoms with Gasteiger partial charge in [-0.3, -0.25) is 9.59 Å². The van der Waals surface area contributed by atoms with E-state index in [-0.39, 0.29) is 50.2 Å². The smallest absolute Gasteiger partial charge is 0.312 e. The molecule has 6 nitrogen and oxygen atoms in total. The van der Waals surface area contributed by atoms with Crippen molar-refractivity contribution < 1.29 is 29.3 Å². The van der Waals surface area contributed by atoms with E-state index in [2.05, 4.69) is 0 Å². The minimum atomic E-state index is -0.459. The quantitative estimate of drug-likeness (QED) is 0.523. The van der Waals surface area contributed by atoms with Crippen molar-refractivity contribution in [3.8, 4) is 0 Å². The van der Waals surface area contributed by atoms with Crippen LogP contribution in [0.1, 0.15) is 79.1 Å². The first-order chi connectivity index (χ1) is 15.1. The second kappa shape index (κ2) is 14.5. The fourth-order valence-corrected chi connectivity index (χ4v) is 3.26. The minimum Gasteiger partial charge on any atom is -0.465 e. The lowest BCUT2D eigenvalue weighted by Crippen LogP contribution is -2.28. The number of hydrogen-bond donors (Lipinski definition) is 2. The van der Waals surface area contributed by atoms with Crippen LogP contribution < -0.4 is 0 Å². The number of esters is 2. The van der Waals surface area contributed by atoms with E-state index in [0.29, 0.717) is 0 Å². The van der Waals surface area contributed by atoms with Gasteiger partial charge in [-0.25, -0.2) is 0 Å². The van der Waals surface area contributed by atoms with Gasteiger partial charge in [0, 0.05) is 10.8 Å². The van der Waals surface area contributed by atoms with E-state index in [9.17, 15) is 19.8 Å². The van der Waals surface area contributed by atoms with Crippen LogP contribution in [0.4, 0.5) is 0 Å². The number of allylic oxidation sites excluding steroid dienone is 2. The molecular weight excluding hydrogens is 408 g/mol. The molecule has 2 N–H and O–H groups in total. The molecule has 0 aliphatic heterocycles. The molecule has 32 heavy (non-hydrogen) atoms. The molecule has 1 rings (SSSR count). The standard InChI is InChI=1S/C26H44O6/c1-25(2,17-27)19-31-23(29)21-13-9-7-5-6-8-10-14-22(16-12-11-15-21)24(30)32-20-26(3,4)18-28/h11-12,15-16,21-22,27-28H,5-10,13-14,17-20H2,1-4H3/b15-11-,16-12+. The fourth-order valence-electron chi connectivity index (χ4n) is 3.26. The largest absolute Gasteiger partial charge is 0.465 e. The Balaban J connectivity index is 2.82. The first kappa shape index (κ1) is 28.4. The van der Waals surface area contributed by atoms with Gasteiger partial charge < -0.3 is 19.7 Å². The summed E-state index contributed by atoms with van der Waals surface area (Å²) in [4.78, 5) is 25.2. The predicted octanol–water partition coefficient (Wildman–Crippen LogP) is 4.59. The van der Waals surface area contributed by atoms with Gasteiger partial charge in [0.15, 0.2) is 0 Å². The Morgan fingerprint density at radius 3 is 1.41 bits per heavy atom. The monoisotopic (exact) mass is 452 g/mol. The SMILES string of the molecule is CC(C)(CO)COC(=O)C1/C=C\C=C\C(C(=O)OCC(C)(C)CO)CCCCCCCC1. The summed E-state index contributed by atoms with van der Waals surface area (Å²) in [7, 11) is 0. The lowest BCUT2D eigenvalue weighted by Gasteiger charge is -2.22. The van der Waals surface area contributed by atoms with E-state index in [0.717, 1.165) is 51.4 Å². The minimum absolute atomic E-state index is 0.0451. The van der Waals surface area contributed by atoms with Gasteiger partial charge in [-0.05, 0) is 12.8 Å². The summed E-state index contributed by atoms with van der Waals surface area (Å²) >= 11 is 0. The summed E-state index contributed by atoms with van der Waals surface area (Å²) in [5.74, 6) is -1.23. The highest BCUT2D eigenvalue weighted by atomic mass is 16.5. The van der Waals surface area contributed by atoms with Crippen LogP contribution in [0, 0.1) is 22.7 Å². The lowest BCUT2D eigenvalue weighted by atomic mass is 9.95. The van der Waals surface area contributed by atoms with Crippen LogP contribution in [0.2, 0.25) is 0 Å². The Morgan fingerprint density at radius 2 is 1.06 bits per heavy atom. The fraction of sp³-hybridized carbons (Fsp3) is 0.769. The predicted molar refractivity (Wildman–Crippen MR) is 126 cm³/mol. The second-order valence-corrected chi connectivity index (χ2v) is 10.5. The number of rotatable bonds is 8. The van der Waals surface area contributed by atoms with E-state index in [1.807, 2.05) is 52.0 Å². The number of carbonyl (C=O) groups excluding carboxylic acids is 2. The van der Waals surface area contributed by atoms with Crippen LogP contribution in [-0.2, 0) is 19.1 Å². The topological polar surface area (TPSA) is 93.1 Å². The molecule has 0 aromatic rings. The molecule has 0 fully saturated rings. The molecule has 0 saturated heterocycles. The van der Waals surface area contributed by atoms with Crippen LogP contribution in [0.15, 0.2) is 24.3 Å². The van der Waals surface area contributed by atoms with Crippen molar-refractivity contribution in [3.63, 3.8) is 0 Å². The highest BCUT2D eigenvalue weighted by Crippen LogP contribution is 2.22. The maximum absolute atomic E-state index is 12.6. The second-order valence-electron chi connectivity index (χ2n) is 10.5. The van der Waals surface area contributed by atoms with Crippen LogP contribution >= 0.6 is 0 Å². The molecule has 1 aliphatic carbocycles. The lowest BCUT2D eigenvalue weighted by molar-refractivity contribution is -0.151. The Morgan fingerprint density at radius 1 is 0.719 bits per heavy atom. The van der Waals surface area contributed by atoms with E-state index < -0.39 is 10.8 Å². The van der Waals surface area contributed by atoms with E-state index in [1.54, 1.807) is 0 Å². The molecule has 1 aliphatic rings. The highest BCUT2D eigenvalue weighted by Gasteiger charge is 2.24. The normalized spacial score (nSPS) is 23.6. The summed E-state index contributed by atoms with van der Waals surface area (Å²) in [6, 6.07) is 0. The van der Waals surface area contributed by atoms with Crippen LogP contribution in [0.3, 0.4) is 0 Å². The zero-order valence-electron chi connectivity index (χ0n) is 20.5. The molecule has 0 spiro atoms. The van der Waals surface area contributed by atoms with Gasteiger partial charge in [0.25, 0.3) is 0 Å². The molecular formula is C26H44O6. The van der Waals surface area contributed by atoms with Gasteiger partial charge in [0.05, 0.1) is 38.3 Å². The van der Waals surface area contributed by atoms with Gasteiger partial charge >= 0.3 is 11.9 Å². The summed E-state index contributed by atoms with van der Waals surface area (Å²) in [6.07, 6.45) is 15.0. The zero-order valence-corrected chi connectivity index (χ0v) is 20.5. The highest BCUT2D eigenvalue weighted by molar-refractivity contribution is 5.75.